The molecule has 104 valence electrons. The number of hydrogen-bond acceptors (Lipinski definition) is 3. The van der Waals surface area contributed by atoms with E-state index in [2.05, 4.69) is 4.90 Å². The first-order valence-corrected chi connectivity index (χ1v) is 7.24. The number of rotatable bonds is 4. The van der Waals surface area contributed by atoms with Crippen molar-refractivity contribution in [2.75, 3.05) is 39.8 Å². The van der Waals surface area contributed by atoms with Gasteiger partial charge in [-0.3, -0.25) is 4.79 Å². The van der Waals surface area contributed by atoms with E-state index in [1.807, 2.05) is 18.9 Å². The van der Waals surface area contributed by atoms with Crippen LogP contribution in [0.2, 0.25) is 0 Å². The summed E-state index contributed by atoms with van der Waals surface area (Å²) in [4.78, 5) is 16.7. The lowest BCUT2D eigenvalue weighted by molar-refractivity contribution is -0.160. The number of nitrogens with zero attached hydrogens (tertiary/aromatic N) is 2. The average molecular weight is 254 g/mol. The van der Waals surface area contributed by atoms with Gasteiger partial charge in [0.2, 0.25) is 0 Å². The van der Waals surface area contributed by atoms with Crippen LogP contribution in [0.1, 0.15) is 39.0 Å². The maximum atomic E-state index is 12.4. The molecule has 0 spiro atoms. The molecule has 0 aliphatic carbocycles. The molecule has 1 amide bonds. The number of carbonyl (C=O) groups is 1. The van der Waals surface area contributed by atoms with Crippen LogP contribution in [0.4, 0.5) is 0 Å². The molecule has 0 bridgehead atoms. The fraction of sp³-hybridized carbons (Fsp3) is 0.929. The van der Waals surface area contributed by atoms with Crippen molar-refractivity contribution in [3.8, 4) is 0 Å². The third-order valence-corrected chi connectivity index (χ3v) is 4.22. The largest absolute Gasteiger partial charge is 0.365 e. The number of likely N-dealkylation sites (N-methyl/N-ethyl adjacent to an activating group) is 1. The second-order valence-electron chi connectivity index (χ2n) is 5.81. The lowest BCUT2D eigenvalue weighted by Gasteiger charge is -2.36. The molecule has 4 heteroatoms. The molecule has 0 aromatic carbocycles. The van der Waals surface area contributed by atoms with Gasteiger partial charge in [-0.1, -0.05) is 0 Å². The van der Waals surface area contributed by atoms with Gasteiger partial charge in [-0.05, 0) is 52.1 Å². The van der Waals surface area contributed by atoms with Gasteiger partial charge in [0.1, 0.15) is 5.60 Å². The number of likely N-dealkylation sites (tertiary alicyclic amines) is 1. The molecule has 2 saturated heterocycles. The Labute approximate surface area is 110 Å². The Bertz CT molecular complexity index is 282. The molecule has 18 heavy (non-hydrogen) atoms. The van der Waals surface area contributed by atoms with E-state index < -0.39 is 5.60 Å². The molecule has 2 aliphatic heterocycles. The van der Waals surface area contributed by atoms with Crippen LogP contribution in [0.15, 0.2) is 0 Å². The first-order chi connectivity index (χ1) is 8.62. The average Bonchev–Trinajstić information content (AvgIpc) is 2.89. The van der Waals surface area contributed by atoms with Crippen LogP contribution >= 0.6 is 0 Å². The quantitative estimate of drug-likeness (QED) is 0.762. The van der Waals surface area contributed by atoms with Gasteiger partial charge >= 0.3 is 0 Å². The zero-order valence-corrected chi connectivity index (χ0v) is 11.8. The van der Waals surface area contributed by atoms with E-state index in [9.17, 15) is 4.79 Å². The zero-order valence-electron chi connectivity index (χ0n) is 11.8. The van der Waals surface area contributed by atoms with Crippen molar-refractivity contribution in [1.29, 1.82) is 0 Å². The van der Waals surface area contributed by atoms with E-state index in [-0.39, 0.29) is 5.91 Å². The minimum Gasteiger partial charge on any atom is -0.365 e. The summed E-state index contributed by atoms with van der Waals surface area (Å²) >= 11 is 0. The number of carbonyl (C=O) groups excluding carboxylic acids is 1. The van der Waals surface area contributed by atoms with Crippen LogP contribution in [0.25, 0.3) is 0 Å². The summed E-state index contributed by atoms with van der Waals surface area (Å²) in [5, 5.41) is 0. The van der Waals surface area contributed by atoms with Gasteiger partial charge in [-0.25, -0.2) is 0 Å². The van der Waals surface area contributed by atoms with Gasteiger partial charge in [0, 0.05) is 26.7 Å². The lowest BCUT2D eigenvalue weighted by atomic mass is 9.94. The van der Waals surface area contributed by atoms with Crippen molar-refractivity contribution >= 4 is 5.91 Å². The molecule has 0 aromatic heterocycles. The molecule has 2 rings (SSSR count). The molecular formula is C14H26N2O2. The van der Waals surface area contributed by atoms with Crippen LogP contribution in [-0.4, -0.2) is 61.1 Å². The Morgan fingerprint density at radius 1 is 1.28 bits per heavy atom. The van der Waals surface area contributed by atoms with Crippen molar-refractivity contribution in [2.45, 2.75) is 44.6 Å². The summed E-state index contributed by atoms with van der Waals surface area (Å²) in [7, 11) is 1.90. The summed E-state index contributed by atoms with van der Waals surface area (Å²) in [6, 6.07) is 0. The molecule has 0 radical (unpaired) electrons. The van der Waals surface area contributed by atoms with Gasteiger partial charge in [-0.2, -0.15) is 0 Å². The van der Waals surface area contributed by atoms with Crippen molar-refractivity contribution in [1.82, 2.24) is 9.80 Å². The van der Waals surface area contributed by atoms with Crippen LogP contribution in [0.3, 0.4) is 0 Å². The maximum absolute atomic E-state index is 12.4. The van der Waals surface area contributed by atoms with E-state index in [1.54, 1.807) is 0 Å². The molecule has 0 saturated carbocycles. The minimum absolute atomic E-state index is 0.154. The number of amides is 1. The predicted octanol–water partition coefficient (Wildman–Crippen LogP) is 1.50. The molecule has 4 nitrogen and oxygen atoms in total. The highest BCUT2D eigenvalue weighted by Crippen LogP contribution is 2.26. The van der Waals surface area contributed by atoms with Gasteiger partial charge in [0.05, 0.1) is 0 Å². The van der Waals surface area contributed by atoms with Gasteiger partial charge in [0.25, 0.3) is 5.91 Å². The smallest absolute Gasteiger partial charge is 0.254 e. The summed E-state index contributed by atoms with van der Waals surface area (Å²) in [6.45, 7) is 6.87. The van der Waals surface area contributed by atoms with Crippen LogP contribution in [0, 0.1) is 0 Å². The number of ether oxygens (including phenoxy) is 1. The molecule has 0 N–H and O–H groups in total. The normalized spacial score (nSPS) is 29.4. The van der Waals surface area contributed by atoms with E-state index in [0.717, 1.165) is 39.0 Å². The Morgan fingerprint density at radius 3 is 2.61 bits per heavy atom. The van der Waals surface area contributed by atoms with E-state index in [0.29, 0.717) is 0 Å². The topological polar surface area (TPSA) is 32.8 Å². The number of hydrogen-bond donors (Lipinski definition) is 0. The van der Waals surface area contributed by atoms with Gasteiger partial charge in [-0.15, -0.1) is 0 Å². The SMILES string of the molecule is CN(CCN1CCCC1)C(=O)[C@@]1(C)CCCCO1. The van der Waals surface area contributed by atoms with Crippen LogP contribution in [0.5, 0.6) is 0 Å². The minimum atomic E-state index is -0.571. The molecule has 2 fully saturated rings. The Balaban J connectivity index is 1.79. The van der Waals surface area contributed by atoms with Crippen molar-refractivity contribution in [3.05, 3.63) is 0 Å². The first kappa shape index (κ1) is 13.8. The van der Waals surface area contributed by atoms with E-state index in [4.69, 9.17) is 4.74 Å². The fourth-order valence-corrected chi connectivity index (χ4v) is 2.91. The lowest BCUT2D eigenvalue weighted by Crippen LogP contribution is -2.50. The first-order valence-electron chi connectivity index (χ1n) is 7.24. The van der Waals surface area contributed by atoms with Crippen molar-refractivity contribution in [2.24, 2.45) is 0 Å². The molecular weight excluding hydrogens is 228 g/mol. The highest BCUT2D eigenvalue weighted by molar-refractivity contribution is 5.84. The summed E-state index contributed by atoms with van der Waals surface area (Å²) < 4.78 is 5.72. The highest BCUT2D eigenvalue weighted by atomic mass is 16.5. The third kappa shape index (κ3) is 3.23. The molecule has 1 atom stereocenters. The maximum Gasteiger partial charge on any atom is 0.254 e. The van der Waals surface area contributed by atoms with Crippen LogP contribution in [-0.2, 0) is 9.53 Å². The summed E-state index contributed by atoms with van der Waals surface area (Å²) in [5.74, 6) is 0.154. The monoisotopic (exact) mass is 254 g/mol. The molecule has 2 aliphatic rings. The standard InChI is InChI=1S/C14H26N2O2/c1-14(7-3-6-12-18-14)13(17)15(2)10-11-16-8-4-5-9-16/h3-12H2,1-2H3/t14-/m1/s1. The van der Waals surface area contributed by atoms with Crippen molar-refractivity contribution in [3.63, 3.8) is 0 Å². The second kappa shape index (κ2) is 6.02. The second-order valence-corrected chi connectivity index (χ2v) is 5.81. The van der Waals surface area contributed by atoms with E-state index in [1.165, 1.54) is 25.9 Å². The Morgan fingerprint density at radius 2 is 2.00 bits per heavy atom. The summed E-state index contributed by atoms with van der Waals surface area (Å²) in [6.07, 6.45) is 5.65. The zero-order chi connectivity index (χ0) is 13.0. The molecule has 0 unspecified atom stereocenters. The van der Waals surface area contributed by atoms with Gasteiger partial charge in [0.15, 0.2) is 0 Å². The fourth-order valence-electron chi connectivity index (χ4n) is 2.91. The molecule has 2 heterocycles. The van der Waals surface area contributed by atoms with Crippen molar-refractivity contribution < 1.29 is 9.53 Å². The van der Waals surface area contributed by atoms with E-state index >= 15 is 0 Å². The predicted molar refractivity (Wildman–Crippen MR) is 71.5 cm³/mol. The molecule has 0 aromatic rings. The Kier molecular flexibility index (Phi) is 4.62. The highest BCUT2D eigenvalue weighted by Gasteiger charge is 2.37. The van der Waals surface area contributed by atoms with Crippen LogP contribution < -0.4 is 0 Å². The van der Waals surface area contributed by atoms with Gasteiger partial charge < -0.3 is 14.5 Å². The summed E-state index contributed by atoms with van der Waals surface area (Å²) in [5.41, 5.74) is -0.571. The third-order valence-electron chi connectivity index (χ3n) is 4.22. The Hall–Kier alpha value is -0.610.